The second-order valence-corrected chi connectivity index (χ2v) is 19.2. The summed E-state index contributed by atoms with van der Waals surface area (Å²) in [7, 11) is -2.10. The first kappa shape index (κ1) is 36.5. The Bertz CT molecular complexity index is 2250. The van der Waals surface area contributed by atoms with Gasteiger partial charge in [-0.3, -0.25) is 9.59 Å². The zero-order valence-corrected chi connectivity index (χ0v) is 33.3. The van der Waals surface area contributed by atoms with Crippen LogP contribution in [0.1, 0.15) is 128 Å². The molecule has 2 aliphatic heterocycles. The molecule has 4 unspecified atom stereocenters. The van der Waals surface area contributed by atoms with Gasteiger partial charge in [0.05, 0.1) is 36.7 Å². The number of nitrogens with one attached hydrogen (secondary N) is 2. The molecule has 12 heteroatoms. The summed E-state index contributed by atoms with van der Waals surface area (Å²) in [5.41, 5.74) is 7.25. The highest BCUT2D eigenvalue weighted by Crippen LogP contribution is 2.51. The maximum Gasteiger partial charge on any atom is 0.273 e. The van der Waals surface area contributed by atoms with Gasteiger partial charge in [0.25, 0.3) is 11.8 Å². The number of imidazole rings is 1. The van der Waals surface area contributed by atoms with Crippen LogP contribution in [0.5, 0.6) is 0 Å². The van der Waals surface area contributed by atoms with E-state index in [9.17, 15) is 18.0 Å². The van der Waals surface area contributed by atoms with E-state index in [2.05, 4.69) is 49.2 Å². The van der Waals surface area contributed by atoms with Gasteiger partial charge in [-0.15, -0.1) is 0 Å². The number of hydrogen-bond donors (Lipinski definition) is 2. The number of carbonyl (C=O) groups is 2. The number of carbonyl (C=O) groups excluding carboxylic acids is 2. The van der Waals surface area contributed by atoms with Crippen molar-refractivity contribution in [1.82, 2.24) is 29.1 Å². The smallest absolute Gasteiger partial charge is 0.273 e. The molecule has 1 aromatic carbocycles. The number of likely N-dealkylation sites (N-methyl/N-ethyl adjacent to an activating group) is 1. The molecule has 2 aromatic heterocycles. The van der Waals surface area contributed by atoms with Crippen LogP contribution in [0.2, 0.25) is 0 Å². The van der Waals surface area contributed by atoms with Crippen molar-refractivity contribution in [3.05, 3.63) is 76.7 Å². The van der Waals surface area contributed by atoms with Gasteiger partial charge < -0.3 is 24.1 Å². The number of rotatable bonds is 11. The standard InChI is InChI=1S/C43H54N6O5S/c1-5-44-21-37-35-19-29(35)22-48(37)43(51)41-39(45-24-49(41)31-12-13-31)30-17-28-18-32(54-4)14-16-33(28)40-38(26-9-7-6-8-10-26)34-15-11-27(20-36(34)47(40)23-30)42(50)46-55(52,53)25(2)3/h11,14-17,20,24-26,28-29,31,35,37,44H,5-10,12-13,18-19,21-23H2,1-4H3,(H,46,50). The lowest BCUT2D eigenvalue weighted by atomic mass is 9.79. The van der Waals surface area contributed by atoms with Crippen molar-refractivity contribution in [2.45, 2.75) is 108 Å². The van der Waals surface area contributed by atoms with Crippen LogP contribution < -0.4 is 10.0 Å². The Balaban J connectivity index is 1.21. The van der Waals surface area contributed by atoms with E-state index < -0.39 is 21.2 Å². The molecule has 55 heavy (non-hydrogen) atoms. The summed E-state index contributed by atoms with van der Waals surface area (Å²) in [5.74, 6) is 1.81. The summed E-state index contributed by atoms with van der Waals surface area (Å²) in [4.78, 5) is 35.8. The molecule has 3 saturated carbocycles. The number of amides is 2. The molecule has 9 rings (SSSR count). The second-order valence-electron chi connectivity index (χ2n) is 17.0. The van der Waals surface area contributed by atoms with Gasteiger partial charge >= 0.3 is 0 Å². The number of fused-ring (bicyclic) bond motifs is 6. The molecule has 4 heterocycles. The number of hydrogen-bond acceptors (Lipinski definition) is 7. The summed E-state index contributed by atoms with van der Waals surface area (Å²) in [6.07, 6.45) is 18.2. The van der Waals surface area contributed by atoms with E-state index in [1.807, 2.05) is 18.5 Å². The molecule has 4 aliphatic carbocycles. The van der Waals surface area contributed by atoms with Crippen LogP contribution in [0.4, 0.5) is 0 Å². The number of sulfonamides is 1. The van der Waals surface area contributed by atoms with E-state index in [1.165, 1.54) is 36.8 Å². The Morgan fingerprint density at radius 2 is 1.87 bits per heavy atom. The third-order valence-corrected chi connectivity index (χ3v) is 14.9. The van der Waals surface area contributed by atoms with Crippen molar-refractivity contribution in [2.75, 3.05) is 26.7 Å². The maximum atomic E-state index is 15.0. The van der Waals surface area contributed by atoms with E-state index in [-0.39, 0.29) is 23.9 Å². The lowest BCUT2D eigenvalue weighted by Crippen LogP contribution is -2.45. The van der Waals surface area contributed by atoms with Crippen LogP contribution in [0.15, 0.2) is 48.5 Å². The monoisotopic (exact) mass is 766 g/mol. The molecule has 3 aromatic rings. The highest BCUT2D eigenvalue weighted by molar-refractivity contribution is 7.90. The molecule has 2 N–H and O–H groups in total. The Kier molecular flexibility index (Phi) is 9.35. The molecule has 0 radical (unpaired) electrons. The Labute approximate surface area is 324 Å². The minimum Gasteiger partial charge on any atom is -0.501 e. The van der Waals surface area contributed by atoms with Gasteiger partial charge in [-0.1, -0.05) is 44.4 Å². The van der Waals surface area contributed by atoms with Crippen molar-refractivity contribution < 1.29 is 22.7 Å². The second kappa shape index (κ2) is 14.1. The number of allylic oxidation sites excluding steroid dienone is 6. The molecule has 4 fully saturated rings. The number of likely N-dealkylation sites (tertiary alicyclic amines) is 1. The first-order valence-electron chi connectivity index (χ1n) is 20.5. The predicted molar refractivity (Wildman–Crippen MR) is 214 cm³/mol. The molecule has 6 aliphatic rings. The normalized spacial score (nSPS) is 25.1. The minimum atomic E-state index is -3.83. The number of methoxy groups -OCH3 is 1. The van der Waals surface area contributed by atoms with Crippen LogP contribution in [-0.4, -0.2) is 77.3 Å². The quantitative estimate of drug-likeness (QED) is 0.220. The maximum absolute atomic E-state index is 15.0. The van der Waals surface area contributed by atoms with Crippen LogP contribution in [-0.2, 0) is 21.3 Å². The third-order valence-electron chi connectivity index (χ3n) is 13.2. The van der Waals surface area contributed by atoms with E-state index in [0.717, 1.165) is 78.9 Å². The summed E-state index contributed by atoms with van der Waals surface area (Å²) >= 11 is 0. The fraction of sp³-hybridized carbons (Fsp3) is 0.558. The zero-order chi connectivity index (χ0) is 38.2. The van der Waals surface area contributed by atoms with Crippen LogP contribution in [0, 0.1) is 17.8 Å². The van der Waals surface area contributed by atoms with Gasteiger partial charge in [-0.05, 0) is 105 Å². The van der Waals surface area contributed by atoms with Crippen LogP contribution in [0.3, 0.4) is 0 Å². The summed E-state index contributed by atoms with van der Waals surface area (Å²) in [5, 5.41) is 3.87. The van der Waals surface area contributed by atoms with Gasteiger partial charge in [0.2, 0.25) is 10.0 Å². The van der Waals surface area contributed by atoms with Crippen LogP contribution >= 0.6 is 0 Å². The molecule has 11 nitrogen and oxygen atoms in total. The van der Waals surface area contributed by atoms with Crippen molar-refractivity contribution in [1.29, 1.82) is 0 Å². The van der Waals surface area contributed by atoms with Crippen LogP contribution in [0.25, 0.3) is 22.0 Å². The van der Waals surface area contributed by atoms with Crippen molar-refractivity contribution in [3.8, 4) is 0 Å². The SMILES string of the molecule is CCNCC1C2CC2CN1C(=O)c1c(C2=CC3CC(OC)=CC=C3c3c(C4CCCCC4)c4ccc(C(=O)NS(=O)(=O)C(C)C)cc4n3C2)ncn1C1CC1. The molecular weight excluding hydrogens is 713 g/mol. The van der Waals surface area contributed by atoms with Gasteiger partial charge in [0.15, 0.2) is 0 Å². The summed E-state index contributed by atoms with van der Waals surface area (Å²) in [6, 6.07) is 6.11. The van der Waals surface area contributed by atoms with Gasteiger partial charge in [-0.25, -0.2) is 18.1 Å². The molecule has 1 saturated heterocycles. The number of ether oxygens (including phenoxy) is 1. The Hall–Kier alpha value is -4.16. The van der Waals surface area contributed by atoms with E-state index in [0.29, 0.717) is 42.0 Å². The van der Waals surface area contributed by atoms with Gasteiger partial charge in [-0.2, -0.15) is 0 Å². The molecule has 292 valence electrons. The van der Waals surface area contributed by atoms with Gasteiger partial charge in [0, 0.05) is 59.7 Å². The third kappa shape index (κ3) is 6.46. The summed E-state index contributed by atoms with van der Waals surface area (Å²) < 4.78 is 38.2. The molecule has 0 bridgehead atoms. The number of benzene rings is 1. The van der Waals surface area contributed by atoms with Crippen molar-refractivity contribution >= 4 is 43.9 Å². The average molecular weight is 767 g/mol. The number of aromatic nitrogens is 3. The first-order chi connectivity index (χ1) is 26.6. The molecular formula is C43H54N6O5S. The fourth-order valence-corrected chi connectivity index (χ4v) is 10.5. The highest BCUT2D eigenvalue weighted by atomic mass is 32.2. The lowest BCUT2D eigenvalue weighted by Gasteiger charge is -2.28. The number of piperidine rings is 1. The molecule has 2 amide bonds. The zero-order valence-electron chi connectivity index (χ0n) is 32.5. The van der Waals surface area contributed by atoms with E-state index in [1.54, 1.807) is 27.0 Å². The average Bonchev–Trinajstić information content (AvgIpc) is 4.09. The topological polar surface area (TPSA) is 128 Å². The summed E-state index contributed by atoms with van der Waals surface area (Å²) in [6.45, 7) is 8.16. The molecule has 4 atom stereocenters. The minimum absolute atomic E-state index is 0.0169. The predicted octanol–water partition coefficient (Wildman–Crippen LogP) is 6.79. The fourth-order valence-electron chi connectivity index (χ4n) is 9.91. The highest BCUT2D eigenvalue weighted by Gasteiger charge is 2.54. The first-order valence-corrected chi connectivity index (χ1v) is 22.1. The number of nitrogens with zero attached hydrogens (tertiary/aromatic N) is 4. The lowest BCUT2D eigenvalue weighted by molar-refractivity contribution is 0.0694. The molecule has 0 spiro atoms. The largest absolute Gasteiger partial charge is 0.501 e. The van der Waals surface area contributed by atoms with E-state index in [4.69, 9.17) is 9.72 Å². The Morgan fingerprint density at radius 1 is 1.07 bits per heavy atom. The van der Waals surface area contributed by atoms with E-state index >= 15 is 0 Å². The van der Waals surface area contributed by atoms with Gasteiger partial charge in [0.1, 0.15) is 5.69 Å². The Morgan fingerprint density at radius 3 is 2.60 bits per heavy atom. The van der Waals surface area contributed by atoms with Crippen molar-refractivity contribution in [2.24, 2.45) is 17.8 Å². The van der Waals surface area contributed by atoms with Crippen molar-refractivity contribution in [3.63, 3.8) is 0 Å².